The van der Waals surface area contributed by atoms with Crippen LogP contribution in [0.2, 0.25) is 0 Å². The number of benzene rings is 2. The number of carbonyl (C=O) groups is 2. The molecule has 0 fully saturated rings. The number of ether oxygens (including phenoxy) is 2. The van der Waals surface area contributed by atoms with E-state index in [1.165, 1.54) is 12.1 Å². The fourth-order valence-corrected chi connectivity index (χ4v) is 2.26. The SMILES string of the molecule is CCC(C)(C)C(=O)Oc1ccc(O)cc1.CCC(C)C(=O)Oc1cc(C)c(O)c(C)c1. The number of phenolic OH excluding ortho intramolecular Hbond substituents is 2. The number of hydrogen-bond donors (Lipinski definition) is 2. The average molecular weight is 431 g/mol. The second kappa shape index (κ2) is 11.4. The first-order valence-electron chi connectivity index (χ1n) is 10.4. The van der Waals surface area contributed by atoms with E-state index < -0.39 is 5.41 Å². The van der Waals surface area contributed by atoms with Crippen LogP contribution in [0.25, 0.3) is 0 Å². The summed E-state index contributed by atoms with van der Waals surface area (Å²) >= 11 is 0. The smallest absolute Gasteiger partial charge is 0.316 e. The van der Waals surface area contributed by atoms with E-state index in [0.717, 1.165) is 12.8 Å². The van der Waals surface area contributed by atoms with Gasteiger partial charge in [0.05, 0.1) is 11.3 Å². The largest absolute Gasteiger partial charge is 0.508 e. The molecular formula is C25H34O6. The molecule has 31 heavy (non-hydrogen) atoms. The molecular weight excluding hydrogens is 396 g/mol. The summed E-state index contributed by atoms with van der Waals surface area (Å²) in [7, 11) is 0. The average Bonchev–Trinajstić information content (AvgIpc) is 2.73. The molecule has 0 saturated heterocycles. The molecule has 0 amide bonds. The summed E-state index contributed by atoms with van der Waals surface area (Å²) in [5.41, 5.74) is 0.955. The first-order valence-corrected chi connectivity index (χ1v) is 10.4. The van der Waals surface area contributed by atoms with Crippen LogP contribution in [0.5, 0.6) is 23.0 Å². The Labute approximate surface area is 184 Å². The van der Waals surface area contributed by atoms with E-state index in [4.69, 9.17) is 14.6 Å². The quantitative estimate of drug-likeness (QED) is 0.451. The Morgan fingerprint density at radius 1 is 0.935 bits per heavy atom. The molecule has 0 radical (unpaired) electrons. The minimum absolute atomic E-state index is 0.102. The van der Waals surface area contributed by atoms with Crippen molar-refractivity contribution in [2.45, 2.75) is 61.3 Å². The molecule has 2 aromatic carbocycles. The molecule has 0 spiro atoms. The number of carbonyl (C=O) groups excluding carboxylic acids is 2. The van der Waals surface area contributed by atoms with Gasteiger partial charge in [-0.25, -0.2) is 0 Å². The summed E-state index contributed by atoms with van der Waals surface area (Å²) in [4.78, 5) is 23.2. The Kier molecular flexibility index (Phi) is 9.56. The van der Waals surface area contributed by atoms with Gasteiger partial charge in [0.2, 0.25) is 0 Å². The second-order valence-corrected chi connectivity index (χ2v) is 8.26. The van der Waals surface area contributed by atoms with E-state index in [0.29, 0.717) is 22.6 Å². The summed E-state index contributed by atoms with van der Waals surface area (Å²) in [6.07, 6.45) is 1.48. The van der Waals surface area contributed by atoms with E-state index in [1.807, 2.05) is 34.6 Å². The molecule has 6 nitrogen and oxygen atoms in total. The molecule has 0 aliphatic rings. The molecule has 0 aromatic heterocycles. The van der Waals surface area contributed by atoms with E-state index in [2.05, 4.69) is 0 Å². The predicted octanol–water partition coefficient (Wildman–Crippen LogP) is 5.69. The normalized spacial score (nSPS) is 11.7. The van der Waals surface area contributed by atoms with Crippen LogP contribution < -0.4 is 9.47 Å². The van der Waals surface area contributed by atoms with Crippen LogP contribution in [0, 0.1) is 25.2 Å². The zero-order chi connectivity index (χ0) is 23.8. The zero-order valence-electron chi connectivity index (χ0n) is 19.5. The number of esters is 2. The standard InChI is InChI=1S/C13H18O3.C12H16O3/c1-5-8(2)13(15)16-11-6-9(3)12(14)10(4)7-11;1-4-12(2,3)11(14)15-10-7-5-9(13)6-8-10/h6-8,14H,5H2,1-4H3;5-8,13H,4H2,1-3H3. The Balaban J connectivity index is 0.000000311. The highest BCUT2D eigenvalue weighted by molar-refractivity contribution is 5.78. The molecule has 2 rings (SSSR count). The van der Waals surface area contributed by atoms with Crippen LogP contribution in [0.15, 0.2) is 36.4 Å². The van der Waals surface area contributed by atoms with Gasteiger partial charge in [-0.2, -0.15) is 0 Å². The van der Waals surface area contributed by atoms with Gasteiger partial charge < -0.3 is 19.7 Å². The van der Waals surface area contributed by atoms with Gasteiger partial charge in [-0.1, -0.05) is 20.8 Å². The molecule has 0 aliphatic heterocycles. The van der Waals surface area contributed by atoms with Gasteiger partial charge >= 0.3 is 11.9 Å². The highest BCUT2D eigenvalue weighted by Gasteiger charge is 2.27. The van der Waals surface area contributed by atoms with Crippen molar-refractivity contribution in [3.8, 4) is 23.0 Å². The molecule has 6 heteroatoms. The second-order valence-electron chi connectivity index (χ2n) is 8.26. The molecule has 1 atom stereocenters. The zero-order valence-corrected chi connectivity index (χ0v) is 19.5. The molecule has 170 valence electrons. The van der Waals surface area contributed by atoms with E-state index >= 15 is 0 Å². The van der Waals surface area contributed by atoms with Gasteiger partial charge in [-0.05, 0) is 88.1 Å². The number of aryl methyl sites for hydroxylation is 2. The van der Waals surface area contributed by atoms with Crippen molar-refractivity contribution < 1.29 is 29.3 Å². The van der Waals surface area contributed by atoms with Crippen molar-refractivity contribution in [3.63, 3.8) is 0 Å². The topological polar surface area (TPSA) is 93.1 Å². The van der Waals surface area contributed by atoms with Gasteiger partial charge in [0.25, 0.3) is 0 Å². The maximum absolute atomic E-state index is 11.7. The van der Waals surface area contributed by atoms with Gasteiger partial charge in [0.15, 0.2) is 0 Å². The summed E-state index contributed by atoms with van der Waals surface area (Å²) < 4.78 is 10.4. The van der Waals surface area contributed by atoms with Crippen LogP contribution in [-0.4, -0.2) is 22.2 Å². The fraction of sp³-hybridized carbons (Fsp3) is 0.440. The Morgan fingerprint density at radius 2 is 1.45 bits per heavy atom. The summed E-state index contributed by atoms with van der Waals surface area (Å²) in [5, 5.41) is 18.6. The van der Waals surface area contributed by atoms with Crippen molar-refractivity contribution >= 4 is 11.9 Å². The van der Waals surface area contributed by atoms with Gasteiger partial charge in [0, 0.05) is 0 Å². The number of aromatic hydroxyl groups is 2. The first kappa shape index (κ1) is 26.0. The third-order valence-corrected chi connectivity index (χ3v) is 5.18. The van der Waals surface area contributed by atoms with Crippen LogP contribution in [0.3, 0.4) is 0 Å². The van der Waals surface area contributed by atoms with E-state index in [9.17, 15) is 14.7 Å². The molecule has 0 saturated carbocycles. The number of hydrogen-bond acceptors (Lipinski definition) is 6. The van der Waals surface area contributed by atoms with Crippen molar-refractivity contribution in [2.75, 3.05) is 0 Å². The van der Waals surface area contributed by atoms with Crippen LogP contribution in [-0.2, 0) is 9.59 Å². The van der Waals surface area contributed by atoms with Crippen LogP contribution >= 0.6 is 0 Å². The van der Waals surface area contributed by atoms with Crippen molar-refractivity contribution in [2.24, 2.45) is 11.3 Å². The molecule has 2 N–H and O–H groups in total. The van der Waals surface area contributed by atoms with E-state index in [-0.39, 0.29) is 29.4 Å². The van der Waals surface area contributed by atoms with E-state index in [1.54, 1.807) is 38.1 Å². The van der Waals surface area contributed by atoms with Crippen LogP contribution in [0.1, 0.15) is 58.6 Å². The Bertz CT molecular complexity index is 860. The first-order chi connectivity index (χ1) is 14.4. The number of rotatable bonds is 6. The molecule has 0 heterocycles. The van der Waals surface area contributed by atoms with Gasteiger partial charge in [-0.15, -0.1) is 0 Å². The third kappa shape index (κ3) is 7.96. The lowest BCUT2D eigenvalue weighted by atomic mass is 9.91. The van der Waals surface area contributed by atoms with Crippen molar-refractivity contribution in [3.05, 3.63) is 47.5 Å². The third-order valence-electron chi connectivity index (χ3n) is 5.18. The molecule has 0 aliphatic carbocycles. The molecule has 1 unspecified atom stereocenters. The summed E-state index contributed by atoms with van der Waals surface area (Å²) in [6, 6.07) is 9.45. The van der Waals surface area contributed by atoms with Gasteiger partial charge in [-0.3, -0.25) is 9.59 Å². The molecule has 0 bridgehead atoms. The Morgan fingerprint density at radius 3 is 1.90 bits per heavy atom. The predicted molar refractivity (Wildman–Crippen MR) is 120 cm³/mol. The summed E-state index contributed by atoms with van der Waals surface area (Å²) in [6.45, 7) is 13.0. The highest BCUT2D eigenvalue weighted by Crippen LogP contribution is 2.27. The minimum Gasteiger partial charge on any atom is -0.508 e. The van der Waals surface area contributed by atoms with Gasteiger partial charge in [0.1, 0.15) is 23.0 Å². The van der Waals surface area contributed by atoms with Crippen molar-refractivity contribution in [1.29, 1.82) is 0 Å². The summed E-state index contributed by atoms with van der Waals surface area (Å²) in [5.74, 6) is 0.780. The number of phenols is 2. The van der Waals surface area contributed by atoms with Crippen LogP contribution in [0.4, 0.5) is 0 Å². The fourth-order valence-electron chi connectivity index (χ4n) is 2.26. The van der Waals surface area contributed by atoms with Crippen molar-refractivity contribution in [1.82, 2.24) is 0 Å². The lowest BCUT2D eigenvalue weighted by molar-refractivity contribution is -0.144. The maximum atomic E-state index is 11.7. The Hall–Kier alpha value is -3.02. The lowest BCUT2D eigenvalue weighted by Crippen LogP contribution is -2.28. The minimum atomic E-state index is -0.474. The molecule has 2 aromatic rings. The lowest BCUT2D eigenvalue weighted by Gasteiger charge is -2.19. The maximum Gasteiger partial charge on any atom is 0.316 e. The monoisotopic (exact) mass is 430 g/mol. The highest BCUT2D eigenvalue weighted by atomic mass is 16.5.